The second-order valence-electron chi connectivity index (χ2n) is 8.84. The molecule has 3 aromatic rings. The lowest BCUT2D eigenvalue weighted by atomic mass is 9.77. The summed E-state index contributed by atoms with van der Waals surface area (Å²) in [6, 6.07) is 20.2. The van der Waals surface area contributed by atoms with Gasteiger partial charge in [0.25, 0.3) is 0 Å². The molecule has 1 aliphatic carbocycles. The van der Waals surface area contributed by atoms with Gasteiger partial charge in [-0.2, -0.15) is 0 Å². The molecular weight excluding hydrogens is 454 g/mol. The Bertz CT molecular complexity index is 1380. The molecule has 34 heavy (non-hydrogen) atoms. The van der Waals surface area contributed by atoms with Gasteiger partial charge in [0.15, 0.2) is 0 Å². The van der Waals surface area contributed by atoms with E-state index in [0.29, 0.717) is 16.3 Å². The Morgan fingerprint density at radius 3 is 2.06 bits per heavy atom. The summed E-state index contributed by atoms with van der Waals surface area (Å²) in [6.45, 7) is 1.82. The molecule has 6 rings (SSSR count). The largest absolute Gasteiger partial charge is 0.349 e. The maximum absolute atomic E-state index is 13.9. The molecule has 2 amide bonds. The number of imide groups is 1. The van der Waals surface area contributed by atoms with Crippen molar-refractivity contribution in [3.63, 3.8) is 0 Å². The smallest absolute Gasteiger partial charge is 0.241 e. The van der Waals surface area contributed by atoms with Crippen LogP contribution in [-0.4, -0.2) is 29.0 Å². The van der Waals surface area contributed by atoms with Gasteiger partial charge >= 0.3 is 0 Å². The summed E-state index contributed by atoms with van der Waals surface area (Å²) in [6.07, 6.45) is -0.934. The number of aryl methyl sites for hydroxylation is 1. The zero-order valence-corrected chi connectivity index (χ0v) is 18.8. The van der Waals surface area contributed by atoms with Crippen molar-refractivity contribution in [3.05, 3.63) is 100 Å². The predicted molar refractivity (Wildman–Crippen MR) is 124 cm³/mol. The lowest BCUT2D eigenvalue weighted by Gasteiger charge is -2.27. The third kappa shape index (κ3) is 2.55. The van der Waals surface area contributed by atoms with Crippen molar-refractivity contribution in [3.8, 4) is 0 Å². The topological polar surface area (TPSA) is 80.8 Å². The SMILES string of the molecule is Cc1ccc(N2C(=O)[C@H]3C(c4ccccc4)OC4(C(=O)c5ccccc5C4=O)[C@H]3C2=O)cc1Cl. The first-order valence-corrected chi connectivity index (χ1v) is 11.3. The third-order valence-electron chi connectivity index (χ3n) is 7.06. The molecule has 6 nitrogen and oxygen atoms in total. The van der Waals surface area contributed by atoms with Crippen molar-refractivity contribution in [2.45, 2.75) is 18.6 Å². The molecule has 2 fully saturated rings. The second-order valence-corrected chi connectivity index (χ2v) is 9.24. The maximum atomic E-state index is 13.9. The first kappa shape index (κ1) is 21.0. The van der Waals surface area contributed by atoms with E-state index in [1.54, 1.807) is 66.7 Å². The highest BCUT2D eigenvalue weighted by molar-refractivity contribution is 6.37. The number of rotatable bonds is 2. The van der Waals surface area contributed by atoms with Crippen molar-refractivity contribution in [1.82, 2.24) is 0 Å². The minimum atomic E-state index is -2.08. The Kier molecular flexibility index (Phi) is 4.43. The fourth-order valence-electron chi connectivity index (χ4n) is 5.44. The molecule has 3 aromatic carbocycles. The zero-order chi connectivity index (χ0) is 23.8. The summed E-state index contributed by atoms with van der Waals surface area (Å²) < 4.78 is 6.24. The average molecular weight is 472 g/mol. The van der Waals surface area contributed by atoms with Gasteiger partial charge in [-0.3, -0.25) is 19.2 Å². The van der Waals surface area contributed by atoms with Crippen LogP contribution >= 0.6 is 11.6 Å². The first-order chi connectivity index (χ1) is 16.4. The van der Waals surface area contributed by atoms with E-state index in [1.165, 1.54) is 0 Å². The minimum Gasteiger partial charge on any atom is -0.349 e. The Morgan fingerprint density at radius 2 is 1.44 bits per heavy atom. The van der Waals surface area contributed by atoms with Gasteiger partial charge in [0.05, 0.1) is 23.6 Å². The van der Waals surface area contributed by atoms with Crippen LogP contribution in [-0.2, 0) is 14.3 Å². The molecule has 0 aromatic heterocycles. The second kappa shape index (κ2) is 7.19. The highest BCUT2D eigenvalue weighted by atomic mass is 35.5. The maximum Gasteiger partial charge on any atom is 0.241 e. The van der Waals surface area contributed by atoms with Crippen LogP contribution in [0.15, 0.2) is 72.8 Å². The average Bonchev–Trinajstić information content (AvgIpc) is 3.42. The van der Waals surface area contributed by atoms with Crippen LogP contribution in [0.4, 0.5) is 5.69 Å². The number of halogens is 1. The van der Waals surface area contributed by atoms with Crippen LogP contribution in [0.5, 0.6) is 0 Å². The van der Waals surface area contributed by atoms with E-state index >= 15 is 0 Å². The quantitative estimate of drug-likeness (QED) is 0.410. The number of hydrogen-bond donors (Lipinski definition) is 0. The summed E-state index contributed by atoms with van der Waals surface area (Å²) in [7, 11) is 0. The van der Waals surface area contributed by atoms with Gasteiger partial charge in [-0.05, 0) is 30.2 Å². The Balaban J connectivity index is 1.55. The van der Waals surface area contributed by atoms with Crippen LogP contribution in [0.25, 0.3) is 0 Å². The molecule has 3 atom stereocenters. The molecule has 2 saturated heterocycles. The van der Waals surface area contributed by atoms with Crippen LogP contribution in [0.2, 0.25) is 5.02 Å². The molecule has 2 aliphatic heterocycles. The molecule has 168 valence electrons. The summed E-state index contributed by atoms with van der Waals surface area (Å²) in [5, 5.41) is 0.404. The Morgan fingerprint density at radius 1 is 0.824 bits per heavy atom. The number of carbonyl (C=O) groups is 4. The monoisotopic (exact) mass is 471 g/mol. The van der Waals surface area contributed by atoms with E-state index < -0.39 is 46.9 Å². The molecule has 7 heteroatoms. The molecule has 1 unspecified atom stereocenters. The van der Waals surface area contributed by atoms with E-state index in [-0.39, 0.29) is 11.1 Å². The number of anilines is 1. The summed E-state index contributed by atoms with van der Waals surface area (Å²) in [4.78, 5) is 56.1. The number of benzene rings is 3. The van der Waals surface area contributed by atoms with Gasteiger partial charge in [0, 0.05) is 16.1 Å². The number of ketones is 2. The van der Waals surface area contributed by atoms with E-state index in [9.17, 15) is 19.2 Å². The molecule has 2 heterocycles. The van der Waals surface area contributed by atoms with Crippen LogP contribution in [0.3, 0.4) is 0 Å². The first-order valence-electron chi connectivity index (χ1n) is 10.9. The van der Waals surface area contributed by atoms with Crippen molar-refractivity contribution in [1.29, 1.82) is 0 Å². The highest BCUT2D eigenvalue weighted by Gasteiger charge is 2.74. The van der Waals surface area contributed by atoms with Crippen LogP contribution in [0.1, 0.15) is 37.9 Å². The van der Waals surface area contributed by atoms with Gasteiger partial charge in [0.2, 0.25) is 29.0 Å². The predicted octanol–water partition coefficient (Wildman–Crippen LogP) is 4.34. The van der Waals surface area contributed by atoms with E-state index in [1.807, 2.05) is 13.0 Å². The molecule has 0 radical (unpaired) electrons. The molecule has 0 saturated carbocycles. The minimum absolute atomic E-state index is 0.206. The number of amides is 2. The molecule has 0 bridgehead atoms. The molecule has 1 spiro atoms. The van der Waals surface area contributed by atoms with Gasteiger partial charge in [-0.25, -0.2) is 4.90 Å². The van der Waals surface area contributed by atoms with E-state index in [2.05, 4.69) is 0 Å². The lowest BCUT2D eigenvalue weighted by Crippen LogP contribution is -2.51. The molecule has 0 N–H and O–H groups in total. The fourth-order valence-corrected chi connectivity index (χ4v) is 5.61. The number of hydrogen-bond acceptors (Lipinski definition) is 5. The summed E-state index contributed by atoms with van der Waals surface area (Å²) in [5.41, 5.74) is 0.0517. The van der Waals surface area contributed by atoms with Crippen molar-refractivity contribution in [2.75, 3.05) is 4.90 Å². The standard InChI is InChI=1S/C27H18ClNO5/c1-14-11-12-16(13-19(14)28)29-25(32)20-21(26(29)33)27(34-22(20)15-7-3-2-4-8-15)23(30)17-9-5-6-10-18(17)24(27)31/h2-13,20-22H,1H3/t20-,21-,22?/m1/s1. The zero-order valence-electron chi connectivity index (χ0n) is 18.0. The van der Waals surface area contributed by atoms with Gasteiger partial charge in [-0.15, -0.1) is 0 Å². The number of Topliss-reactive ketones (excluding diaryl/α,β-unsaturated/α-hetero) is 2. The van der Waals surface area contributed by atoms with Crippen molar-refractivity contribution in [2.24, 2.45) is 11.8 Å². The summed E-state index contributed by atoms with van der Waals surface area (Å²) >= 11 is 6.28. The van der Waals surface area contributed by atoms with Crippen LogP contribution < -0.4 is 4.90 Å². The van der Waals surface area contributed by atoms with Crippen molar-refractivity contribution >= 4 is 40.7 Å². The van der Waals surface area contributed by atoms with Gasteiger partial charge in [0.1, 0.15) is 0 Å². The lowest BCUT2D eigenvalue weighted by molar-refractivity contribution is -0.127. The number of ether oxygens (including phenoxy) is 1. The number of fused-ring (bicyclic) bond motifs is 3. The van der Waals surface area contributed by atoms with Gasteiger partial charge in [-0.1, -0.05) is 72.3 Å². The Hall–Kier alpha value is -3.61. The fraction of sp³-hybridized carbons (Fsp3) is 0.185. The normalized spacial score (nSPS) is 24.8. The van der Waals surface area contributed by atoms with E-state index in [4.69, 9.17) is 16.3 Å². The Labute approximate surface area is 200 Å². The molecular formula is C27H18ClNO5. The summed E-state index contributed by atoms with van der Waals surface area (Å²) in [5.74, 6) is -4.62. The number of nitrogens with zero attached hydrogens (tertiary/aromatic N) is 1. The molecule has 3 aliphatic rings. The van der Waals surface area contributed by atoms with E-state index in [0.717, 1.165) is 10.5 Å². The number of carbonyl (C=O) groups excluding carboxylic acids is 4. The third-order valence-corrected chi connectivity index (χ3v) is 7.47. The van der Waals surface area contributed by atoms with Gasteiger partial charge < -0.3 is 4.74 Å². The van der Waals surface area contributed by atoms with Crippen LogP contribution in [0, 0.1) is 18.8 Å². The highest BCUT2D eigenvalue weighted by Crippen LogP contribution is 2.57. The van der Waals surface area contributed by atoms with Crippen molar-refractivity contribution < 1.29 is 23.9 Å².